The van der Waals surface area contributed by atoms with E-state index in [9.17, 15) is 19.2 Å². The van der Waals surface area contributed by atoms with E-state index in [1.807, 2.05) is 6.07 Å². The largest absolute Gasteiger partial charge is 0.444 e. The Morgan fingerprint density at radius 1 is 0.839 bits per heavy atom. The van der Waals surface area contributed by atoms with Crippen molar-refractivity contribution in [1.29, 1.82) is 0 Å². The Morgan fingerprint density at radius 3 is 1.94 bits per heavy atom. The smallest absolute Gasteiger partial charge is 0.409 e. The second kappa shape index (κ2) is 11.1. The summed E-state index contributed by atoms with van der Waals surface area (Å²) < 4.78 is 5.24. The van der Waals surface area contributed by atoms with Crippen LogP contribution in [0.2, 0.25) is 0 Å². The second-order valence-electron chi connectivity index (χ2n) is 8.05. The molecule has 0 aliphatic carbocycles. The average molecular weight is 424 g/mol. The molecule has 0 aromatic heterocycles. The molecule has 2 aromatic carbocycles. The van der Waals surface area contributed by atoms with E-state index in [1.54, 1.807) is 63.2 Å². The van der Waals surface area contributed by atoms with Crippen LogP contribution in [0.4, 0.5) is 4.79 Å². The van der Waals surface area contributed by atoms with E-state index in [0.29, 0.717) is 12.0 Å². The van der Waals surface area contributed by atoms with Crippen LogP contribution >= 0.6 is 0 Å². The van der Waals surface area contributed by atoms with Gasteiger partial charge in [0, 0.05) is 17.5 Å². The maximum atomic E-state index is 12.4. The van der Waals surface area contributed by atoms with Crippen LogP contribution in [0.3, 0.4) is 0 Å². The molecule has 7 nitrogen and oxygen atoms in total. The highest BCUT2D eigenvalue weighted by Crippen LogP contribution is 2.10. The lowest BCUT2D eigenvalue weighted by Crippen LogP contribution is -2.51. The van der Waals surface area contributed by atoms with Gasteiger partial charge in [-0.2, -0.15) is 0 Å². The van der Waals surface area contributed by atoms with E-state index in [0.717, 1.165) is 0 Å². The van der Waals surface area contributed by atoms with Gasteiger partial charge in [-0.15, -0.1) is 0 Å². The van der Waals surface area contributed by atoms with Crippen molar-refractivity contribution in [3.05, 3.63) is 71.8 Å². The standard InChI is InChI=1S/C24H28N2O5/c1-24(2,3)31-23(30)26-20(16-10-15-19(27)17-11-6-4-7-12-17)25-22(29)21(28)18-13-8-5-9-14-18/h4-9,11-14,20H,10,15-16H2,1-3H3,(H,25,29)(H,26,30). The maximum Gasteiger partial charge on any atom is 0.409 e. The molecule has 2 aromatic rings. The zero-order valence-electron chi connectivity index (χ0n) is 18.0. The highest BCUT2D eigenvalue weighted by atomic mass is 16.6. The minimum atomic E-state index is -0.862. The summed E-state index contributed by atoms with van der Waals surface area (Å²) in [6, 6.07) is 17.0. The van der Waals surface area contributed by atoms with Crippen molar-refractivity contribution >= 4 is 23.6 Å². The molecule has 0 aliphatic heterocycles. The highest BCUT2D eigenvalue weighted by Gasteiger charge is 2.24. The van der Waals surface area contributed by atoms with Crippen LogP contribution in [-0.2, 0) is 9.53 Å². The summed E-state index contributed by atoms with van der Waals surface area (Å²) in [6.45, 7) is 5.16. The minimum Gasteiger partial charge on any atom is -0.444 e. The molecular formula is C24H28N2O5. The summed E-state index contributed by atoms with van der Waals surface area (Å²) in [5.41, 5.74) is 0.125. The lowest BCUT2D eigenvalue weighted by molar-refractivity contribution is -0.117. The van der Waals surface area contributed by atoms with Crippen LogP contribution in [0.15, 0.2) is 60.7 Å². The highest BCUT2D eigenvalue weighted by molar-refractivity contribution is 6.42. The summed E-state index contributed by atoms with van der Waals surface area (Å²) in [5.74, 6) is -1.60. The Bertz CT molecular complexity index is 905. The van der Waals surface area contributed by atoms with Gasteiger partial charge in [0.15, 0.2) is 5.78 Å². The lowest BCUT2D eigenvalue weighted by Gasteiger charge is -2.24. The van der Waals surface area contributed by atoms with Gasteiger partial charge in [-0.3, -0.25) is 14.4 Å². The van der Waals surface area contributed by atoms with E-state index < -0.39 is 29.6 Å². The van der Waals surface area contributed by atoms with Crippen molar-refractivity contribution in [2.75, 3.05) is 0 Å². The van der Waals surface area contributed by atoms with Gasteiger partial charge < -0.3 is 15.4 Å². The molecule has 0 bridgehead atoms. The lowest BCUT2D eigenvalue weighted by atomic mass is 10.0. The average Bonchev–Trinajstić information content (AvgIpc) is 2.72. The van der Waals surface area contributed by atoms with Crippen LogP contribution in [0.25, 0.3) is 0 Å². The normalized spacial score (nSPS) is 11.8. The number of nitrogens with one attached hydrogen (secondary N) is 2. The molecule has 0 fully saturated rings. The molecule has 2 N–H and O–H groups in total. The number of alkyl carbamates (subject to hydrolysis) is 1. The zero-order chi connectivity index (χ0) is 22.9. The van der Waals surface area contributed by atoms with E-state index in [1.165, 1.54) is 12.1 Å². The fraction of sp³-hybridized carbons (Fsp3) is 0.333. The third kappa shape index (κ3) is 8.42. The molecule has 164 valence electrons. The zero-order valence-corrected chi connectivity index (χ0v) is 18.0. The second-order valence-corrected chi connectivity index (χ2v) is 8.05. The summed E-state index contributed by atoms with van der Waals surface area (Å²) in [5, 5.41) is 5.10. The van der Waals surface area contributed by atoms with Crippen LogP contribution in [0.5, 0.6) is 0 Å². The number of ketones is 2. The maximum absolute atomic E-state index is 12.4. The topological polar surface area (TPSA) is 102 Å². The Morgan fingerprint density at radius 2 is 1.39 bits per heavy atom. The number of hydrogen-bond donors (Lipinski definition) is 2. The monoisotopic (exact) mass is 424 g/mol. The van der Waals surface area contributed by atoms with Crippen LogP contribution in [0, 0.1) is 0 Å². The summed E-state index contributed by atoms with van der Waals surface area (Å²) in [7, 11) is 0. The Labute approximate surface area is 182 Å². The van der Waals surface area contributed by atoms with Crippen molar-refractivity contribution in [2.24, 2.45) is 0 Å². The predicted molar refractivity (Wildman–Crippen MR) is 117 cm³/mol. The number of benzene rings is 2. The molecule has 0 aliphatic rings. The molecular weight excluding hydrogens is 396 g/mol. The Balaban J connectivity index is 1.99. The number of carbonyl (C=O) groups excluding carboxylic acids is 4. The fourth-order valence-corrected chi connectivity index (χ4v) is 2.81. The fourth-order valence-electron chi connectivity index (χ4n) is 2.81. The molecule has 31 heavy (non-hydrogen) atoms. The van der Waals surface area contributed by atoms with E-state index >= 15 is 0 Å². The molecule has 2 rings (SSSR count). The number of ether oxygens (including phenoxy) is 1. The van der Waals surface area contributed by atoms with Crippen molar-refractivity contribution in [3.63, 3.8) is 0 Å². The number of Topliss-reactive ketones (excluding diaryl/α,β-unsaturated/α-hetero) is 2. The van der Waals surface area contributed by atoms with Gasteiger partial charge in [0.1, 0.15) is 11.8 Å². The third-order valence-corrected chi connectivity index (χ3v) is 4.23. The van der Waals surface area contributed by atoms with E-state index in [-0.39, 0.29) is 24.2 Å². The van der Waals surface area contributed by atoms with Crippen LogP contribution in [-0.4, -0.2) is 35.3 Å². The summed E-state index contributed by atoms with van der Waals surface area (Å²) in [6.07, 6.45) is -0.698. The summed E-state index contributed by atoms with van der Waals surface area (Å²) >= 11 is 0. The molecule has 2 amide bonds. The number of carbonyl (C=O) groups is 4. The Hall–Kier alpha value is -3.48. The van der Waals surface area contributed by atoms with Crippen molar-refractivity contribution in [1.82, 2.24) is 10.6 Å². The molecule has 0 saturated heterocycles. The van der Waals surface area contributed by atoms with Gasteiger partial charge in [0.25, 0.3) is 5.91 Å². The molecule has 7 heteroatoms. The van der Waals surface area contributed by atoms with Crippen LogP contribution in [0.1, 0.15) is 60.7 Å². The first kappa shape index (κ1) is 23.8. The third-order valence-electron chi connectivity index (χ3n) is 4.23. The van der Waals surface area contributed by atoms with Gasteiger partial charge in [0.2, 0.25) is 5.78 Å². The SMILES string of the molecule is CC(C)(C)OC(=O)NC(CCCC(=O)c1ccccc1)NC(=O)C(=O)c1ccccc1. The first-order valence-corrected chi connectivity index (χ1v) is 10.1. The van der Waals surface area contributed by atoms with Crippen molar-refractivity contribution in [2.45, 2.75) is 51.8 Å². The molecule has 0 radical (unpaired) electrons. The van der Waals surface area contributed by atoms with Gasteiger partial charge >= 0.3 is 6.09 Å². The quantitative estimate of drug-likeness (QED) is 0.361. The number of rotatable bonds is 9. The van der Waals surface area contributed by atoms with Gasteiger partial charge in [-0.1, -0.05) is 60.7 Å². The van der Waals surface area contributed by atoms with E-state index in [2.05, 4.69) is 10.6 Å². The molecule has 1 atom stereocenters. The Kier molecular flexibility index (Phi) is 8.49. The molecule has 0 heterocycles. The first-order chi connectivity index (χ1) is 14.7. The molecule has 0 saturated carbocycles. The van der Waals surface area contributed by atoms with E-state index in [4.69, 9.17) is 4.74 Å². The number of hydrogen-bond acceptors (Lipinski definition) is 5. The molecule has 1 unspecified atom stereocenters. The van der Waals surface area contributed by atoms with Gasteiger partial charge in [0.05, 0.1) is 0 Å². The van der Waals surface area contributed by atoms with Gasteiger partial charge in [-0.25, -0.2) is 4.79 Å². The first-order valence-electron chi connectivity index (χ1n) is 10.1. The van der Waals surface area contributed by atoms with Gasteiger partial charge in [-0.05, 0) is 33.6 Å². The predicted octanol–water partition coefficient (Wildman–Crippen LogP) is 3.89. The van der Waals surface area contributed by atoms with Crippen LogP contribution < -0.4 is 10.6 Å². The minimum absolute atomic E-state index is 0.0386. The molecule has 0 spiro atoms. The van der Waals surface area contributed by atoms with Crippen molar-refractivity contribution < 1.29 is 23.9 Å². The summed E-state index contributed by atoms with van der Waals surface area (Å²) in [4.78, 5) is 49.2. The number of amides is 2. The van der Waals surface area contributed by atoms with Crippen molar-refractivity contribution in [3.8, 4) is 0 Å².